The van der Waals surface area contributed by atoms with E-state index in [4.69, 9.17) is 4.42 Å². The van der Waals surface area contributed by atoms with Crippen LogP contribution in [-0.2, 0) is 0 Å². The molecule has 2 heterocycles. The SMILES string of the molecule is C=Cc1c(C=C)c2cc(-c3ccccc3)ccc2n(-c2ccc3c(=O)oc4ccccc4c3c2)c1=O. The first-order valence-corrected chi connectivity index (χ1v) is 11.6. The fourth-order valence-corrected chi connectivity index (χ4v) is 4.93. The van der Waals surface area contributed by atoms with Crippen LogP contribution in [0.25, 0.3) is 61.6 Å². The van der Waals surface area contributed by atoms with Gasteiger partial charge in [-0.3, -0.25) is 9.36 Å². The number of benzene rings is 4. The lowest BCUT2D eigenvalue weighted by molar-refractivity contribution is 0.569. The van der Waals surface area contributed by atoms with Crippen molar-refractivity contribution in [3.8, 4) is 16.8 Å². The highest BCUT2D eigenvalue weighted by molar-refractivity contribution is 6.05. The molecule has 0 fully saturated rings. The molecule has 36 heavy (non-hydrogen) atoms. The second-order valence-electron chi connectivity index (χ2n) is 8.59. The van der Waals surface area contributed by atoms with E-state index in [0.717, 1.165) is 38.4 Å². The van der Waals surface area contributed by atoms with Crippen molar-refractivity contribution in [2.45, 2.75) is 0 Å². The Morgan fingerprint density at radius 1 is 0.639 bits per heavy atom. The zero-order chi connectivity index (χ0) is 24.8. The summed E-state index contributed by atoms with van der Waals surface area (Å²) in [6, 6.07) is 28.9. The van der Waals surface area contributed by atoms with E-state index in [9.17, 15) is 9.59 Å². The summed E-state index contributed by atoms with van der Waals surface area (Å²) < 4.78 is 7.17. The lowest BCUT2D eigenvalue weighted by Crippen LogP contribution is -2.22. The maximum atomic E-state index is 13.8. The van der Waals surface area contributed by atoms with Gasteiger partial charge in [-0.1, -0.05) is 79.9 Å². The number of pyridine rings is 1. The van der Waals surface area contributed by atoms with Gasteiger partial charge in [0.05, 0.1) is 10.9 Å². The van der Waals surface area contributed by atoms with E-state index in [-0.39, 0.29) is 5.56 Å². The highest BCUT2D eigenvalue weighted by Gasteiger charge is 2.17. The van der Waals surface area contributed by atoms with Gasteiger partial charge in [0.2, 0.25) is 0 Å². The van der Waals surface area contributed by atoms with E-state index in [1.165, 1.54) is 0 Å². The number of hydrogen-bond donors (Lipinski definition) is 0. The second kappa shape index (κ2) is 8.36. The van der Waals surface area contributed by atoms with Crippen molar-refractivity contribution in [1.82, 2.24) is 4.57 Å². The lowest BCUT2D eigenvalue weighted by atomic mass is 9.97. The molecule has 0 radical (unpaired) electrons. The zero-order valence-corrected chi connectivity index (χ0v) is 19.4. The Morgan fingerprint density at radius 3 is 2.17 bits per heavy atom. The van der Waals surface area contributed by atoms with Crippen LogP contribution in [-0.4, -0.2) is 4.57 Å². The Morgan fingerprint density at radius 2 is 1.39 bits per heavy atom. The quantitative estimate of drug-likeness (QED) is 0.203. The van der Waals surface area contributed by atoms with E-state index in [0.29, 0.717) is 22.2 Å². The van der Waals surface area contributed by atoms with Crippen LogP contribution in [0, 0.1) is 0 Å². The minimum Gasteiger partial charge on any atom is -0.422 e. The summed E-state index contributed by atoms with van der Waals surface area (Å²) >= 11 is 0. The van der Waals surface area contributed by atoms with E-state index in [2.05, 4.69) is 31.4 Å². The molecule has 0 saturated heterocycles. The molecule has 0 N–H and O–H groups in total. The molecular weight excluding hydrogens is 446 g/mol. The van der Waals surface area contributed by atoms with Gasteiger partial charge in [0.25, 0.3) is 5.56 Å². The molecular formula is C32H21NO3. The number of para-hydroxylation sites is 1. The number of hydrogen-bond acceptors (Lipinski definition) is 3. The van der Waals surface area contributed by atoms with Gasteiger partial charge in [0.15, 0.2) is 0 Å². The summed E-state index contributed by atoms with van der Waals surface area (Å²) in [6.07, 6.45) is 3.29. The topological polar surface area (TPSA) is 52.2 Å². The molecule has 0 unspecified atom stereocenters. The second-order valence-corrected chi connectivity index (χ2v) is 8.59. The fourth-order valence-electron chi connectivity index (χ4n) is 4.93. The van der Waals surface area contributed by atoms with Crippen LogP contribution in [0.1, 0.15) is 11.1 Å². The van der Waals surface area contributed by atoms with E-state index >= 15 is 0 Å². The van der Waals surface area contributed by atoms with Crippen molar-refractivity contribution >= 4 is 44.8 Å². The molecule has 0 amide bonds. The van der Waals surface area contributed by atoms with Crippen molar-refractivity contribution in [3.05, 3.63) is 136 Å². The monoisotopic (exact) mass is 467 g/mol. The van der Waals surface area contributed by atoms with Gasteiger partial charge in [-0.15, -0.1) is 0 Å². The molecule has 4 nitrogen and oxygen atoms in total. The van der Waals surface area contributed by atoms with E-state index in [1.54, 1.807) is 34.9 Å². The van der Waals surface area contributed by atoms with E-state index in [1.807, 2.05) is 54.6 Å². The van der Waals surface area contributed by atoms with Gasteiger partial charge in [0.1, 0.15) is 5.58 Å². The van der Waals surface area contributed by atoms with Gasteiger partial charge in [-0.25, -0.2) is 4.79 Å². The molecule has 0 saturated carbocycles. The van der Waals surface area contributed by atoms with Crippen LogP contribution in [0.15, 0.2) is 118 Å². The molecule has 0 aliphatic carbocycles. The molecule has 4 heteroatoms. The van der Waals surface area contributed by atoms with Crippen molar-refractivity contribution in [2.24, 2.45) is 0 Å². The minimum absolute atomic E-state index is 0.202. The maximum Gasteiger partial charge on any atom is 0.344 e. The Kier molecular flexibility index (Phi) is 5.01. The first-order chi connectivity index (χ1) is 17.6. The van der Waals surface area contributed by atoms with Gasteiger partial charge >= 0.3 is 5.63 Å². The zero-order valence-electron chi connectivity index (χ0n) is 19.4. The maximum absolute atomic E-state index is 13.8. The third-order valence-electron chi connectivity index (χ3n) is 6.63. The fraction of sp³-hybridized carbons (Fsp3) is 0. The standard InChI is InChI=1S/C32H21NO3/c1-3-23-24(4-2)31(34)33(29-17-14-21(18-28(23)29)20-10-6-5-7-11-20)22-15-16-26-27(19-22)25-12-8-9-13-30(25)36-32(26)35/h3-19H,1-2H2. The summed E-state index contributed by atoms with van der Waals surface area (Å²) in [5.41, 5.74) is 4.62. The Hall–Kier alpha value is -4.96. The first kappa shape index (κ1) is 21.6. The molecule has 0 spiro atoms. The average molecular weight is 468 g/mol. The van der Waals surface area contributed by atoms with Crippen LogP contribution >= 0.6 is 0 Å². The van der Waals surface area contributed by atoms with Crippen LogP contribution in [0.2, 0.25) is 0 Å². The van der Waals surface area contributed by atoms with Crippen molar-refractivity contribution < 1.29 is 4.42 Å². The largest absolute Gasteiger partial charge is 0.422 e. The minimum atomic E-state index is -0.409. The normalized spacial score (nSPS) is 11.2. The van der Waals surface area contributed by atoms with Crippen molar-refractivity contribution in [3.63, 3.8) is 0 Å². The summed E-state index contributed by atoms with van der Waals surface area (Å²) in [5, 5.41) is 2.89. The average Bonchev–Trinajstić information content (AvgIpc) is 2.92. The number of fused-ring (bicyclic) bond motifs is 4. The van der Waals surface area contributed by atoms with Crippen LogP contribution in [0.5, 0.6) is 0 Å². The smallest absolute Gasteiger partial charge is 0.344 e. The lowest BCUT2D eigenvalue weighted by Gasteiger charge is -2.17. The summed E-state index contributed by atoms with van der Waals surface area (Å²) in [5.74, 6) is 0. The molecule has 0 aliphatic heterocycles. The van der Waals surface area contributed by atoms with Gasteiger partial charge in [0, 0.05) is 27.4 Å². The molecule has 6 aromatic rings. The van der Waals surface area contributed by atoms with Gasteiger partial charge in [-0.05, 0) is 53.1 Å². The molecule has 4 aromatic carbocycles. The molecule has 0 bridgehead atoms. The third-order valence-corrected chi connectivity index (χ3v) is 6.63. The van der Waals surface area contributed by atoms with Crippen molar-refractivity contribution in [1.29, 1.82) is 0 Å². The van der Waals surface area contributed by atoms with Crippen LogP contribution in [0.3, 0.4) is 0 Å². The Labute approximate surface area is 206 Å². The number of nitrogens with zero attached hydrogens (tertiary/aromatic N) is 1. The summed E-state index contributed by atoms with van der Waals surface area (Å²) in [4.78, 5) is 26.4. The third kappa shape index (κ3) is 3.23. The summed E-state index contributed by atoms with van der Waals surface area (Å²) in [6.45, 7) is 7.89. The van der Waals surface area contributed by atoms with Crippen LogP contribution < -0.4 is 11.2 Å². The predicted octanol–water partition coefficient (Wildman–Crippen LogP) is 7.20. The molecule has 0 atom stereocenters. The van der Waals surface area contributed by atoms with E-state index < -0.39 is 5.63 Å². The highest BCUT2D eigenvalue weighted by atomic mass is 16.4. The first-order valence-electron chi connectivity index (χ1n) is 11.6. The van der Waals surface area contributed by atoms with Crippen molar-refractivity contribution in [2.75, 3.05) is 0 Å². The molecule has 172 valence electrons. The number of aromatic nitrogens is 1. The predicted molar refractivity (Wildman–Crippen MR) is 149 cm³/mol. The van der Waals surface area contributed by atoms with Gasteiger partial charge in [-0.2, -0.15) is 0 Å². The highest BCUT2D eigenvalue weighted by Crippen LogP contribution is 2.31. The Balaban J connectivity index is 1.72. The molecule has 6 rings (SSSR count). The molecule has 0 aliphatic rings. The van der Waals surface area contributed by atoms with Gasteiger partial charge < -0.3 is 4.42 Å². The molecule has 2 aromatic heterocycles. The van der Waals surface area contributed by atoms with Crippen LogP contribution in [0.4, 0.5) is 0 Å². The summed E-state index contributed by atoms with van der Waals surface area (Å²) in [7, 11) is 0. The Bertz CT molecular complexity index is 1960. The number of rotatable bonds is 4.